The van der Waals surface area contributed by atoms with Crippen molar-refractivity contribution in [2.45, 2.75) is 25.7 Å². The van der Waals surface area contributed by atoms with Crippen LogP contribution in [0, 0.1) is 5.82 Å². The molecule has 0 unspecified atom stereocenters. The van der Waals surface area contributed by atoms with Crippen LogP contribution in [0.1, 0.15) is 41.7 Å². The number of aromatic nitrogens is 1. The lowest BCUT2D eigenvalue weighted by Gasteiger charge is -2.09. The predicted molar refractivity (Wildman–Crippen MR) is 139 cm³/mol. The zero-order chi connectivity index (χ0) is 24.2. The molecule has 0 spiro atoms. The van der Waals surface area contributed by atoms with Crippen LogP contribution >= 0.6 is 0 Å². The van der Waals surface area contributed by atoms with Crippen molar-refractivity contribution in [2.75, 3.05) is 5.32 Å². The summed E-state index contributed by atoms with van der Waals surface area (Å²) in [7, 11) is 0. The van der Waals surface area contributed by atoms with E-state index < -0.39 is 11.7 Å². The maximum atomic E-state index is 14.1. The van der Waals surface area contributed by atoms with Gasteiger partial charge in [-0.25, -0.2) is 4.39 Å². The van der Waals surface area contributed by atoms with Gasteiger partial charge in [0.15, 0.2) is 5.78 Å². The summed E-state index contributed by atoms with van der Waals surface area (Å²) in [6.45, 7) is 0. The number of H-pyrrole nitrogens is 1. The van der Waals surface area contributed by atoms with Gasteiger partial charge in [0, 0.05) is 34.0 Å². The molecular weight excluding hydrogens is 439 g/mol. The molecule has 0 aliphatic heterocycles. The highest BCUT2D eigenvalue weighted by Crippen LogP contribution is 2.37. The molecule has 0 fully saturated rings. The van der Waals surface area contributed by atoms with Crippen LogP contribution in [-0.2, 0) is 4.79 Å². The summed E-state index contributed by atoms with van der Waals surface area (Å²) in [5.41, 5.74) is 4.54. The van der Waals surface area contributed by atoms with Gasteiger partial charge in [-0.2, -0.15) is 0 Å². The van der Waals surface area contributed by atoms with Gasteiger partial charge in [0.25, 0.3) is 5.91 Å². The monoisotopic (exact) mass is 464 g/mol. The second-order valence-corrected chi connectivity index (χ2v) is 8.61. The summed E-state index contributed by atoms with van der Waals surface area (Å²) in [6.07, 6.45) is 9.21. The molecule has 1 amide bonds. The summed E-state index contributed by atoms with van der Waals surface area (Å²) < 4.78 is 14.1. The van der Waals surface area contributed by atoms with Crippen molar-refractivity contribution in [3.8, 4) is 11.1 Å². The molecule has 174 valence electrons. The van der Waals surface area contributed by atoms with Crippen LogP contribution in [0.5, 0.6) is 0 Å². The van der Waals surface area contributed by atoms with E-state index in [2.05, 4.69) is 16.4 Å². The Morgan fingerprint density at radius 3 is 2.57 bits per heavy atom. The van der Waals surface area contributed by atoms with Crippen LogP contribution in [0.15, 0.2) is 91.0 Å². The molecule has 0 saturated carbocycles. The molecule has 0 bridgehead atoms. The van der Waals surface area contributed by atoms with Gasteiger partial charge in [-0.15, -0.1) is 0 Å². The van der Waals surface area contributed by atoms with Crippen molar-refractivity contribution in [1.29, 1.82) is 0 Å². The minimum absolute atomic E-state index is 0.0952. The molecule has 4 aromatic rings. The van der Waals surface area contributed by atoms with Crippen molar-refractivity contribution in [3.05, 3.63) is 108 Å². The Kier molecular flexibility index (Phi) is 6.40. The molecule has 5 heteroatoms. The molecule has 4 nitrogen and oxygen atoms in total. The lowest BCUT2D eigenvalue weighted by atomic mass is 9.94. The summed E-state index contributed by atoms with van der Waals surface area (Å²) in [5.74, 6) is -0.799. The van der Waals surface area contributed by atoms with E-state index in [1.807, 2.05) is 48.6 Å². The largest absolute Gasteiger partial charge is 0.354 e. The zero-order valence-corrected chi connectivity index (χ0v) is 19.2. The van der Waals surface area contributed by atoms with Crippen molar-refractivity contribution < 1.29 is 14.0 Å². The summed E-state index contributed by atoms with van der Waals surface area (Å²) in [6, 6.07) is 21.2. The maximum absolute atomic E-state index is 14.1. The Labute approximate surface area is 203 Å². The molecule has 1 aliphatic rings. The number of rotatable bonds is 4. The second kappa shape index (κ2) is 9.94. The number of hydrogen-bond acceptors (Lipinski definition) is 2. The van der Waals surface area contributed by atoms with Gasteiger partial charge < -0.3 is 10.3 Å². The van der Waals surface area contributed by atoms with Gasteiger partial charge in [0.05, 0.1) is 11.4 Å². The van der Waals surface area contributed by atoms with E-state index in [4.69, 9.17) is 0 Å². The van der Waals surface area contributed by atoms with Crippen LogP contribution in [-0.4, -0.2) is 16.7 Å². The molecular formula is C30H25FN2O2. The van der Waals surface area contributed by atoms with Gasteiger partial charge >= 0.3 is 0 Å². The second-order valence-electron chi connectivity index (χ2n) is 8.61. The average molecular weight is 465 g/mol. The molecule has 0 radical (unpaired) electrons. The number of fused-ring (bicyclic) bond motifs is 1. The number of nitrogens with one attached hydrogen (secondary N) is 2. The third-order valence-electron chi connectivity index (χ3n) is 6.24. The first-order valence-corrected chi connectivity index (χ1v) is 11.8. The number of amides is 1. The molecule has 1 aromatic heterocycles. The minimum Gasteiger partial charge on any atom is -0.354 e. The van der Waals surface area contributed by atoms with Crippen molar-refractivity contribution in [2.24, 2.45) is 0 Å². The summed E-state index contributed by atoms with van der Waals surface area (Å²) in [5, 5.41) is 3.48. The Balaban J connectivity index is 1.64. The highest BCUT2D eigenvalue weighted by Gasteiger charge is 2.22. The lowest BCUT2D eigenvalue weighted by Crippen LogP contribution is -2.12. The third-order valence-corrected chi connectivity index (χ3v) is 6.24. The number of halogens is 1. The molecule has 2 N–H and O–H groups in total. The number of ketones is 1. The highest BCUT2D eigenvalue weighted by atomic mass is 19.1. The first-order valence-electron chi connectivity index (χ1n) is 11.8. The zero-order valence-electron chi connectivity index (χ0n) is 19.2. The van der Waals surface area contributed by atoms with Crippen LogP contribution in [0.25, 0.3) is 27.6 Å². The van der Waals surface area contributed by atoms with Crippen LogP contribution < -0.4 is 5.32 Å². The SMILES string of the molecule is O=C1CCCCC=CC=C1c1[nH]c2ccc(C(=O)Nc3ccccc3F)cc2c1-c1ccccc1. The number of benzene rings is 3. The number of carbonyl (C=O) groups excluding carboxylic acids is 2. The molecule has 0 atom stereocenters. The standard InChI is InChI=1S/C30H25FN2O2/c31-24-14-9-10-15-26(24)33-30(35)21-17-18-25-23(19-21)28(20-11-5-4-6-12-20)29(32-25)22-13-7-2-1-3-8-16-27(22)34/h2,4-7,9-15,17-19,32H,1,3,8,16H2,(H,33,35). The van der Waals surface area contributed by atoms with Crippen LogP contribution in [0.3, 0.4) is 0 Å². The first kappa shape index (κ1) is 22.5. The summed E-state index contributed by atoms with van der Waals surface area (Å²) in [4.78, 5) is 29.6. The minimum atomic E-state index is -0.491. The van der Waals surface area contributed by atoms with Gasteiger partial charge in [-0.3, -0.25) is 9.59 Å². The van der Waals surface area contributed by atoms with Gasteiger partial charge in [0.1, 0.15) is 5.82 Å². The third kappa shape index (κ3) is 4.71. The van der Waals surface area contributed by atoms with Crippen molar-refractivity contribution >= 4 is 33.9 Å². The topological polar surface area (TPSA) is 62.0 Å². The Bertz CT molecular complexity index is 1460. The number of aromatic amines is 1. The van der Waals surface area contributed by atoms with E-state index in [1.165, 1.54) is 12.1 Å². The Morgan fingerprint density at radius 2 is 1.74 bits per heavy atom. The normalized spacial score (nSPS) is 14.2. The van der Waals surface area contributed by atoms with E-state index >= 15 is 0 Å². The first-order chi connectivity index (χ1) is 17.1. The van der Waals surface area contributed by atoms with E-state index in [0.717, 1.165) is 47.0 Å². The molecule has 35 heavy (non-hydrogen) atoms. The van der Waals surface area contributed by atoms with E-state index in [-0.39, 0.29) is 11.5 Å². The average Bonchev–Trinajstić information content (AvgIpc) is 3.29. The smallest absolute Gasteiger partial charge is 0.255 e. The number of anilines is 1. The van der Waals surface area contributed by atoms with Crippen LogP contribution in [0.4, 0.5) is 10.1 Å². The number of hydrogen-bond donors (Lipinski definition) is 2. The number of carbonyl (C=O) groups is 2. The lowest BCUT2D eigenvalue weighted by molar-refractivity contribution is -0.113. The quantitative estimate of drug-likeness (QED) is 0.333. The Morgan fingerprint density at radius 1 is 0.943 bits per heavy atom. The number of Topliss-reactive ketones (excluding diaryl/α,β-unsaturated/α-hetero) is 1. The van der Waals surface area contributed by atoms with Gasteiger partial charge in [0.2, 0.25) is 0 Å². The number of allylic oxidation sites excluding steroid dienone is 4. The predicted octanol–water partition coefficient (Wildman–Crippen LogP) is 7.31. The summed E-state index contributed by atoms with van der Waals surface area (Å²) >= 11 is 0. The van der Waals surface area contributed by atoms with E-state index in [9.17, 15) is 14.0 Å². The van der Waals surface area contributed by atoms with E-state index in [1.54, 1.807) is 24.3 Å². The fraction of sp³-hybridized carbons (Fsp3) is 0.133. The molecule has 1 heterocycles. The van der Waals surface area contributed by atoms with Crippen molar-refractivity contribution in [3.63, 3.8) is 0 Å². The Hall–Kier alpha value is -4.25. The van der Waals surface area contributed by atoms with Crippen LogP contribution in [0.2, 0.25) is 0 Å². The fourth-order valence-electron chi connectivity index (χ4n) is 4.46. The maximum Gasteiger partial charge on any atom is 0.255 e. The highest BCUT2D eigenvalue weighted by molar-refractivity contribution is 6.24. The number of para-hydroxylation sites is 1. The molecule has 5 rings (SSSR count). The fourth-order valence-corrected chi connectivity index (χ4v) is 4.46. The molecule has 3 aromatic carbocycles. The van der Waals surface area contributed by atoms with Gasteiger partial charge in [-0.05, 0) is 61.2 Å². The molecule has 0 saturated heterocycles. The van der Waals surface area contributed by atoms with Gasteiger partial charge in [-0.1, -0.05) is 54.6 Å². The van der Waals surface area contributed by atoms with Crippen molar-refractivity contribution in [1.82, 2.24) is 4.98 Å². The van der Waals surface area contributed by atoms with E-state index in [0.29, 0.717) is 17.6 Å². The molecule has 1 aliphatic carbocycles.